The predicted octanol–water partition coefficient (Wildman–Crippen LogP) is 3.89. The zero-order chi connectivity index (χ0) is 20.9. The van der Waals surface area contributed by atoms with Gasteiger partial charge in [0.05, 0.1) is 12.2 Å². The quantitative estimate of drug-likeness (QED) is 0.482. The van der Waals surface area contributed by atoms with Crippen LogP contribution in [-0.4, -0.2) is 45.3 Å². The molecule has 10 heteroatoms. The van der Waals surface area contributed by atoms with E-state index in [1.165, 1.54) is 25.7 Å². The van der Waals surface area contributed by atoms with Crippen molar-refractivity contribution < 1.29 is 0 Å². The van der Waals surface area contributed by atoms with E-state index in [2.05, 4.69) is 36.6 Å². The second kappa shape index (κ2) is 7.23. The van der Waals surface area contributed by atoms with Gasteiger partial charge in [-0.2, -0.15) is 4.98 Å². The number of anilines is 1. The summed E-state index contributed by atoms with van der Waals surface area (Å²) >= 11 is 1.56. The number of aromatic nitrogens is 8. The Balaban J connectivity index is 1.54. The van der Waals surface area contributed by atoms with Crippen molar-refractivity contribution in [1.82, 2.24) is 39.3 Å². The van der Waals surface area contributed by atoms with Crippen LogP contribution in [0.5, 0.6) is 0 Å². The van der Waals surface area contributed by atoms with Crippen molar-refractivity contribution in [2.75, 3.05) is 4.90 Å². The Hall–Kier alpha value is -3.14. The van der Waals surface area contributed by atoms with Gasteiger partial charge in [-0.15, -0.1) is 21.5 Å². The van der Waals surface area contributed by atoms with Gasteiger partial charge in [0, 0.05) is 30.0 Å². The molecule has 0 spiro atoms. The summed E-state index contributed by atoms with van der Waals surface area (Å²) in [5.74, 6) is 4.17. The van der Waals surface area contributed by atoms with Crippen LogP contribution in [0.15, 0.2) is 30.2 Å². The fourth-order valence-electron chi connectivity index (χ4n) is 4.93. The Kier molecular flexibility index (Phi) is 4.34. The first-order valence-electron chi connectivity index (χ1n) is 10.8. The third-order valence-electron chi connectivity index (χ3n) is 6.29. The normalized spacial score (nSPS) is 18.4. The van der Waals surface area contributed by atoms with E-state index in [0.717, 1.165) is 40.4 Å². The second-order valence-corrected chi connectivity index (χ2v) is 8.94. The third kappa shape index (κ3) is 2.81. The Morgan fingerprint density at radius 2 is 1.97 bits per heavy atom. The monoisotopic (exact) mass is 433 g/mol. The van der Waals surface area contributed by atoms with Gasteiger partial charge in [-0.25, -0.2) is 15.0 Å². The maximum atomic E-state index is 5.11. The number of fused-ring (bicyclic) bond motifs is 3. The first-order valence-corrected chi connectivity index (χ1v) is 11.7. The van der Waals surface area contributed by atoms with Gasteiger partial charge < -0.3 is 4.90 Å². The lowest BCUT2D eigenvalue weighted by Gasteiger charge is -2.41. The molecule has 4 aromatic heterocycles. The molecular formula is C21H23N9S. The molecule has 0 radical (unpaired) electrons. The Bertz CT molecular complexity index is 1220. The molecule has 31 heavy (non-hydrogen) atoms. The van der Waals surface area contributed by atoms with Crippen LogP contribution in [0, 0.1) is 6.92 Å². The van der Waals surface area contributed by atoms with Gasteiger partial charge in [0.25, 0.3) is 0 Å². The van der Waals surface area contributed by atoms with Crippen LogP contribution in [0.25, 0.3) is 22.5 Å². The molecule has 5 heterocycles. The van der Waals surface area contributed by atoms with E-state index in [9.17, 15) is 0 Å². The van der Waals surface area contributed by atoms with E-state index in [0.29, 0.717) is 12.0 Å². The molecule has 6 rings (SSSR count). The van der Waals surface area contributed by atoms with E-state index in [4.69, 9.17) is 9.97 Å². The first-order chi connectivity index (χ1) is 15.3. The molecule has 4 aromatic rings. The average molecular weight is 434 g/mol. The highest BCUT2D eigenvalue weighted by Crippen LogP contribution is 2.43. The van der Waals surface area contributed by atoms with Crippen LogP contribution in [0.4, 0.5) is 5.82 Å². The maximum Gasteiger partial charge on any atom is 0.237 e. The summed E-state index contributed by atoms with van der Waals surface area (Å²) in [6, 6.07) is 0.610. The van der Waals surface area contributed by atoms with Crippen LogP contribution in [0.2, 0.25) is 0 Å². The van der Waals surface area contributed by atoms with E-state index in [-0.39, 0.29) is 6.04 Å². The van der Waals surface area contributed by atoms with Crippen molar-refractivity contribution in [1.29, 1.82) is 0 Å². The standard InChI is InChI=1S/C21H23N9S/c1-3-15-18-27-26-13(2)29(18)16-12-24-21(25-17(16)30(15)14-6-4-5-7-14)28-10-8-22-19(28)20-23-9-11-31-20/h8-12,14-15H,3-7H2,1-2H3/t15-/m1/s1. The minimum absolute atomic E-state index is 0.153. The fraction of sp³-hybridized carbons (Fsp3) is 0.429. The summed E-state index contributed by atoms with van der Waals surface area (Å²) in [5, 5.41) is 11.7. The van der Waals surface area contributed by atoms with E-state index in [1.54, 1.807) is 23.7 Å². The molecule has 1 fully saturated rings. The number of hydrogen-bond acceptors (Lipinski definition) is 8. The van der Waals surface area contributed by atoms with Gasteiger partial charge in [-0.05, 0) is 26.2 Å². The minimum Gasteiger partial charge on any atom is -0.341 e. The van der Waals surface area contributed by atoms with Crippen molar-refractivity contribution >= 4 is 17.2 Å². The SMILES string of the molecule is CC[C@@H]1c2nnc(C)n2-c2cnc(-n3ccnc3-c3nccs3)nc2N1C1CCCC1. The van der Waals surface area contributed by atoms with Crippen molar-refractivity contribution in [3.05, 3.63) is 41.8 Å². The van der Waals surface area contributed by atoms with E-state index in [1.807, 2.05) is 29.3 Å². The molecule has 1 aliphatic heterocycles. The highest BCUT2D eigenvalue weighted by Gasteiger charge is 2.39. The number of nitrogens with zero attached hydrogens (tertiary/aromatic N) is 9. The van der Waals surface area contributed by atoms with Crippen LogP contribution in [0.3, 0.4) is 0 Å². The van der Waals surface area contributed by atoms with Crippen LogP contribution >= 0.6 is 11.3 Å². The van der Waals surface area contributed by atoms with Crippen molar-refractivity contribution in [3.8, 4) is 22.5 Å². The fourth-order valence-corrected chi connectivity index (χ4v) is 5.56. The largest absolute Gasteiger partial charge is 0.341 e. The van der Waals surface area contributed by atoms with Gasteiger partial charge in [-0.1, -0.05) is 19.8 Å². The molecule has 158 valence electrons. The summed E-state index contributed by atoms with van der Waals surface area (Å²) in [5.41, 5.74) is 0.953. The molecule has 1 aliphatic carbocycles. The topological polar surface area (TPSA) is 90.4 Å². The van der Waals surface area contributed by atoms with Crippen LogP contribution < -0.4 is 4.90 Å². The molecule has 0 saturated heterocycles. The summed E-state index contributed by atoms with van der Waals surface area (Å²) < 4.78 is 4.04. The van der Waals surface area contributed by atoms with Crippen molar-refractivity contribution in [3.63, 3.8) is 0 Å². The molecule has 9 nitrogen and oxygen atoms in total. The molecular weight excluding hydrogens is 410 g/mol. The summed E-state index contributed by atoms with van der Waals surface area (Å²) in [6.07, 6.45) is 13.2. The van der Waals surface area contributed by atoms with Gasteiger partial charge >= 0.3 is 0 Å². The minimum atomic E-state index is 0.153. The van der Waals surface area contributed by atoms with Gasteiger partial charge in [0.2, 0.25) is 5.95 Å². The lowest BCUT2D eigenvalue weighted by Crippen LogP contribution is -2.42. The Morgan fingerprint density at radius 1 is 1.10 bits per heavy atom. The van der Waals surface area contributed by atoms with E-state index < -0.39 is 0 Å². The highest BCUT2D eigenvalue weighted by molar-refractivity contribution is 7.13. The molecule has 0 amide bonds. The van der Waals surface area contributed by atoms with Crippen molar-refractivity contribution in [2.45, 2.75) is 58.0 Å². The lowest BCUT2D eigenvalue weighted by atomic mass is 10.0. The second-order valence-electron chi connectivity index (χ2n) is 8.05. The third-order valence-corrected chi connectivity index (χ3v) is 7.06. The molecule has 1 saturated carbocycles. The average Bonchev–Trinajstić information content (AvgIpc) is 3.59. The number of thiazole rings is 1. The van der Waals surface area contributed by atoms with Gasteiger partial charge in [-0.3, -0.25) is 9.13 Å². The van der Waals surface area contributed by atoms with Crippen molar-refractivity contribution in [2.24, 2.45) is 0 Å². The zero-order valence-electron chi connectivity index (χ0n) is 17.5. The number of rotatable bonds is 4. The lowest BCUT2D eigenvalue weighted by molar-refractivity contribution is 0.467. The zero-order valence-corrected chi connectivity index (χ0v) is 18.3. The number of hydrogen-bond donors (Lipinski definition) is 0. The first kappa shape index (κ1) is 18.6. The molecule has 0 aromatic carbocycles. The maximum absolute atomic E-state index is 5.11. The summed E-state index contributed by atoms with van der Waals surface area (Å²) in [6.45, 7) is 4.20. The molecule has 2 aliphatic rings. The van der Waals surface area contributed by atoms with E-state index >= 15 is 0 Å². The smallest absolute Gasteiger partial charge is 0.237 e. The van der Waals surface area contributed by atoms with Gasteiger partial charge in [0.15, 0.2) is 22.5 Å². The highest BCUT2D eigenvalue weighted by atomic mass is 32.1. The van der Waals surface area contributed by atoms with Crippen LogP contribution in [-0.2, 0) is 0 Å². The summed E-state index contributed by atoms with van der Waals surface area (Å²) in [7, 11) is 0. The van der Waals surface area contributed by atoms with Gasteiger partial charge in [0.1, 0.15) is 11.5 Å². The van der Waals surface area contributed by atoms with Crippen LogP contribution in [0.1, 0.15) is 56.7 Å². The number of imidazole rings is 1. The summed E-state index contributed by atoms with van der Waals surface area (Å²) in [4.78, 5) is 21.2. The molecule has 1 atom stereocenters. The molecule has 0 bridgehead atoms. The predicted molar refractivity (Wildman–Crippen MR) is 118 cm³/mol. The Morgan fingerprint density at radius 3 is 2.74 bits per heavy atom. The molecule has 0 N–H and O–H groups in total. The number of aryl methyl sites for hydroxylation is 1. The molecule has 0 unspecified atom stereocenters. The Labute approximate surface area is 183 Å².